The molecule has 2 aromatic rings. The number of nitrogens with zero attached hydrogens (tertiary/aromatic N) is 3. The summed E-state index contributed by atoms with van der Waals surface area (Å²) in [7, 11) is 0. The van der Waals surface area contributed by atoms with E-state index in [2.05, 4.69) is 27.0 Å². The van der Waals surface area contributed by atoms with E-state index in [-0.39, 0.29) is 6.04 Å². The average Bonchev–Trinajstić information content (AvgIpc) is 2.74. The Morgan fingerprint density at radius 1 is 1.39 bits per heavy atom. The number of benzene rings is 1. The summed E-state index contributed by atoms with van der Waals surface area (Å²) in [5.41, 5.74) is 2.23. The lowest BCUT2D eigenvalue weighted by Gasteiger charge is -2.22. The predicted molar refractivity (Wildman–Crippen MR) is 71.6 cm³/mol. The maximum Gasteiger partial charge on any atom is 0.164 e. The van der Waals surface area contributed by atoms with Gasteiger partial charge in [-0.3, -0.25) is 0 Å². The Morgan fingerprint density at radius 3 is 3.00 bits per heavy atom. The van der Waals surface area contributed by atoms with Crippen LogP contribution in [0.25, 0.3) is 11.4 Å². The molecule has 1 N–H and O–H groups in total. The van der Waals surface area contributed by atoms with Crippen LogP contribution in [0.2, 0.25) is 5.02 Å². The lowest BCUT2D eigenvalue weighted by molar-refractivity contribution is 0.439. The highest BCUT2D eigenvalue weighted by molar-refractivity contribution is 6.30. The number of rotatable bonds is 1. The quantitative estimate of drug-likeness (QED) is 0.859. The fourth-order valence-corrected chi connectivity index (χ4v) is 2.64. The first-order valence-electron chi connectivity index (χ1n) is 6.10. The standard InChI is InChI=1S/C13H15ClN4/c1-8-7-10(14)3-4-11(8)13-17-16-12-9(2)15-5-6-18(12)13/h3-4,7,9,15H,5-6H2,1-2H3. The van der Waals surface area contributed by atoms with Gasteiger partial charge in [-0.15, -0.1) is 10.2 Å². The molecule has 2 heterocycles. The highest BCUT2D eigenvalue weighted by Crippen LogP contribution is 2.27. The number of aryl methyl sites for hydroxylation is 1. The van der Waals surface area contributed by atoms with Gasteiger partial charge in [0.1, 0.15) is 5.82 Å². The molecule has 0 spiro atoms. The van der Waals surface area contributed by atoms with Crippen LogP contribution < -0.4 is 5.32 Å². The normalized spacial score (nSPS) is 18.7. The molecular formula is C13H15ClN4. The molecule has 0 saturated carbocycles. The van der Waals surface area contributed by atoms with Crippen LogP contribution in [0.4, 0.5) is 0 Å². The molecule has 0 fully saturated rings. The highest BCUT2D eigenvalue weighted by Gasteiger charge is 2.22. The van der Waals surface area contributed by atoms with Gasteiger partial charge in [-0.2, -0.15) is 0 Å². The van der Waals surface area contributed by atoms with Crippen molar-refractivity contribution in [3.05, 3.63) is 34.6 Å². The van der Waals surface area contributed by atoms with Crippen molar-refractivity contribution in [3.63, 3.8) is 0 Å². The van der Waals surface area contributed by atoms with E-state index >= 15 is 0 Å². The molecule has 94 valence electrons. The molecule has 0 bridgehead atoms. The van der Waals surface area contributed by atoms with Gasteiger partial charge in [0, 0.05) is 23.7 Å². The van der Waals surface area contributed by atoms with Gasteiger partial charge in [0.2, 0.25) is 0 Å². The van der Waals surface area contributed by atoms with Crippen LogP contribution >= 0.6 is 11.6 Å². The van der Waals surface area contributed by atoms with Crippen LogP contribution in [-0.2, 0) is 6.54 Å². The molecule has 1 aromatic carbocycles. The molecule has 1 aliphatic heterocycles. The summed E-state index contributed by atoms with van der Waals surface area (Å²) in [5.74, 6) is 1.94. The van der Waals surface area contributed by atoms with E-state index in [4.69, 9.17) is 11.6 Å². The molecule has 0 radical (unpaired) electrons. The second-order valence-electron chi connectivity index (χ2n) is 4.67. The third-order valence-electron chi connectivity index (χ3n) is 3.38. The van der Waals surface area contributed by atoms with Gasteiger partial charge in [-0.25, -0.2) is 0 Å². The third-order valence-corrected chi connectivity index (χ3v) is 3.62. The molecule has 0 amide bonds. The molecule has 1 atom stereocenters. The SMILES string of the molecule is Cc1cc(Cl)ccc1-c1nnc2n1CCNC2C. The van der Waals surface area contributed by atoms with Gasteiger partial charge in [-0.05, 0) is 37.6 Å². The molecule has 18 heavy (non-hydrogen) atoms. The number of aromatic nitrogens is 3. The topological polar surface area (TPSA) is 42.7 Å². The van der Waals surface area contributed by atoms with Gasteiger partial charge in [-0.1, -0.05) is 11.6 Å². The van der Waals surface area contributed by atoms with Crippen LogP contribution in [0.5, 0.6) is 0 Å². The maximum absolute atomic E-state index is 5.99. The van der Waals surface area contributed by atoms with Crippen molar-refractivity contribution in [1.29, 1.82) is 0 Å². The van der Waals surface area contributed by atoms with Crippen LogP contribution in [0.15, 0.2) is 18.2 Å². The summed E-state index contributed by atoms with van der Waals surface area (Å²) in [4.78, 5) is 0. The lowest BCUT2D eigenvalue weighted by Crippen LogP contribution is -2.32. The van der Waals surface area contributed by atoms with Gasteiger partial charge in [0.05, 0.1) is 6.04 Å². The van der Waals surface area contributed by atoms with Gasteiger partial charge in [0.15, 0.2) is 5.82 Å². The Hall–Kier alpha value is -1.39. The maximum atomic E-state index is 5.99. The van der Waals surface area contributed by atoms with Crippen molar-refractivity contribution in [2.24, 2.45) is 0 Å². The molecule has 3 rings (SSSR count). The molecule has 0 saturated heterocycles. The fraction of sp³-hybridized carbons (Fsp3) is 0.385. The van der Waals surface area contributed by atoms with Crippen LogP contribution in [0, 0.1) is 6.92 Å². The van der Waals surface area contributed by atoms with Crippen LogP contribution in [0.1, 0.15) is 24.4 Å². The summed E-state index contributed by atoms with van der Waals surface area (Å²) in [5, 5.41) is 12.8. The summed E-state index contributed by atoms with van der Waals surface area (Å²) >= 11 is 5.99. The van der Waals surface area contributed by atoms with Crippen molar-refractivity contribution in [2.75, 3.05) is 6.54 Å². The van der Waals surface area contributed by atoms with Crippen LogP contribution in [-0.4, -0.2) is 21.3 Å². The van der Waals surface area contributed by atoms with E-state index in [0.717, 1.165) is 40.9 Å². The molecule has 1 unspecified atom stereocenters. The highest BCUT2D eigenvalue weighted by atomic mass is 35.5. The first kappa shape index (κ1) is 11.7. The molecule has 4 nitrogen and oxygen atoms in total. The molecule has 0 aliphatic carbocycles. The second-order valence-corrected chi connectivity index (χ2v) is 5.10. The Kier molecular flexibility index (Phi) is 2.84. The number of fused-ring (bicyclic) bond motifs is 1. The summed E-state index contributed by atoms with van der Waals surface area (Å²) < 4.78 is 2.19. The predicted octanol–water partition coefficient (Wildman–Crippen LogP) is 2.57. The van der Waals surface area contributed by atoms with Crippen molar-refractivity contribution in [1.82, 2.24) is 20.1 Å². The van der Waals surface area contributed by atoms with Crippen molar-refractivity contribution >= 4 is 11.6 Å². The molecule has 1 aromatic heterocycles. The summed E-state index contributed by atoms with van der Waals surface area (Å²) in [6.45, 7) is 6.02. The van der Waals surface area contributed by atoms with Gasteiger partial charge >= 0.3 is 0 Å². The number of hydrogen-bond acceptors (Lipinski definition) is 3. The Balaban J connectivity index is 2.12. The van der Waals surface area contributed by atoms with E-state index in [0.29, 0.717) is 0 Å². The lowest BCUT2D eigenvalue weighted by atomic mass is 10.1. The zero-order valence-electron chi connectivity index (χ0n) is 10.4. The molecule has 1 aliphatic rings. The van der Waals surface area contributed by atoms with Gasteiger partial charge < -0.3 is 9.88 Å². The summed E-state index contributed by atoms with van der Waals surface area (Å²) in [6.07, 6.45) is 0. The largest absolute Gasteiger partial charge is 0.308 e. The van der Waals surface area contributed by atoms with Crippen molar-refractivity contribution in [3.8, 4) is 11.4 Å². The summed E-state index contributed by atoms with van der Waals surface area (Å²) in [6, 6.07) is 6.13. The Morgan fingerprint density at radius 2 is 2.22 bits per heavy atom. The minimum atomic E-state index is 0.257. The first-order chi connectivity index (χ1) is 8.66. The number of nitrogens with one attached hydrogen (secondary N) is 1. The number of hydrogen-bond donors (Lipinski definition) is 1. The van der Waals surface area contributed by atoms with E-state index < -0.39 is 0 Å². The molecule has 5 heteroatoms. The van der Waals surface area contributed by atoms with Crippen LogP contribution in [0.3, 0.4) is 0 Å². The minimum Gasteiger partial charge on any atom is -0.308 e. The zero-order valence-corrected chi connectivity index (χ0v) is 11.2. The minimum absolute atomic E-state index is 0.257. The smallest absolute Gasteiger partial charge is 0.164 e. The average molecular weight is 263 g/mol. The number of halogens is 1. The Labute approximate surface area is 111 Å². The van der Waals surface area contributed by atoms with E-state index in [1.165, 1.54) is 0 Å². The monoisotopic (exact) mass is 262 g/mol. The Bertz CT molecular complexity index is 591. The second kappa shape index (κ2) is 4.37. The molecular weight excluding hydrogens is 248 g/mol. The fourth-order valence-electron chi connectivity index (χ4n) is 2.42. The van der Waals surface area contributed by atoms with Crippen molar-refractivity contribution in [2.45, 2.75) is 26.4 Å². The van der Waals surface area contributed by atoms with E-state index in [1.807, 2.05) is 25.1 Å². The third kappa shape index (κ3) is 1.82. The zero-order chi connectivity index (χ0) is 12.7. The van der Waals surface area contributed by atoms with Crippen molar-refractivity contribution < 1.29 is 0 Å². The van der Waals surface area contributed by atoms with E-state index in [9.17, 15) is 0 Å². The van der Waals surface area contributed by atoms with Gasteiger partial charge in [0.25, 0.3) is 0 Å². The van der Waals surface area contributed by atoms with E-state index in [1.54, 1.807) is 0 Å². The first-order valence-corrected chi connectivity index (χ1v) is 6.47.